The van der Waals surface area contributed by atoms with Crippen LogP contribution in [0.25, 0.3) is 0 Å². The Kier molecular flexibility index (Phi) is 4.59. The molecular weight excluding hydrogens is 194 g/mol. The van der Waals surface area contributed by atoms with Crippen LogP contribution in [0.1, 0.15) is 16.7 Å². The van der Waals surface area contributed by atoms with Crippen LogP contribution in [0.4, 0.5) is 5.69 Å². The number of aryl methyl sites for hydroxylation is 3. The highest BCUT2D eigenvalue weighted by Gasteiger charge is 1.84. The van der Waals surface area contributed by atoms with E-state index < -0.39 is 0 Å². The van der Waals surface area contributed by atoms with Gasteiger partial charge in [0.15, 0.2) is 0 Å². The molecule has 0 aliphatic heterocycles. The van der Waals surface area contributed by atoms with Crippen LogP contribution in [0.2, 0.25) is 0 Å². The van der Waals surface area contributed by atoms with Gasteiger partial charge in [0, 0.05) is 5.69 Å². The number of nitrogen functional groups attached to an aromatic ring is 1. The Bertz CT molecular complexity index is 361. The number of benzene rings is 2. The van der Waals surface area contributed by atoms with Gasteiger partial charge in [-0.15, -0.1) is 0 Å². The summed E-state index contributed by atoms with van der Waals surface area (Å²) >= 11 is 0. The standard InChI is InChI=1S/C8H10.C7H9N/c1-7-5-3-4-6-8(7)2;1-6-4-2-3-5-7(6)8/h3-6H,1-2H3;2-5H,8H2,1H3. The van der Waals surface area contributed by atoms with Gasteiger partial charge in [0.2, 0.25) is 0 Å². The molecule has 1 heteroatoms. The van der Waals surface area contributed by atoms with E-state index in [1.165, 1.54) is 11.1 Å². The molecule has 0 aliphatic rings. The Hall–Kier alpha value is -1.76. The SMILES string of the molecule is Cc1ccccc1C.Cc1ccccc1N. The van der Waals surface area contributed by atoms with Crippen molar-refractivity contribution in [2.75, 3.05) is 5.73 Å². The summed E-state index contributed by atoms with van der Waals surface area (Å²) in [4.78, 5) is 0. The minimum atomic E-state index is 0.868. The molecule has 2 N–H and O–H groups in total. The Morgan fingerprint density at radius 1 is 0.625 bits per heavy atom. The zero-order valence-electron chi connectivity index (χ0n) is 10.2. The second-order valence-electron chi connectivity index (χ2n) is 3.94. The molecule has 0 spiro atoms. The molecular formula is C15H19N. The molecule has 0 unspecified atom stereocenters. The minimum absolute atomic E-state index is 0.868. The van der Waals surface area contributed by atoms with Crippen molar-refractivity contribution in [3.63, 3.8) is 0 Å². The van der Waals surface area contributed by atoms with Crippen molar-refractivity contribution in [2.45, 2.75) is 20.8 Å². The van der Waals surface area contributed by atoms with Gasteiger partial charge in [-0.1, -0.05) is 42.5 Å². The van der Waals surface area contributed by atoms with Crippen molar-refractivity contribution in [3.8, 4) is 0 Å². The molecule has 0 amide bonds. The second-order valence-corrected chi connectivity index (χ2v) is 3.94. The summed E-state index contributed by atoms with van der Waals surface area (Å²) in [5.74, 6) is 0. The van der Waals surface area contributed by atoms with Crippen molar-refractivity contribution >= 4 is 5.69 Å². The van der Waals surface area contributed by atoms with Crippen molar-refractivity contribution in [2.24, 2.45) is 0 Å². The van der Waals surface area contributed by atoms with Gasteiger partial charge in [0.1, 0.15) is 0 Å². The highest BCUT2D eigenvalue weighted by molar-refractivity contribution is 5.44. The molecule has 2 aromatic rings. The number of hydrogen-bond acceptors (Lipinski definition) is 1. The lowest BCUT2D eigenvalue weighted by atomic mass is 10.1. The quantitative estimate of drug-likeness (QED) is 0.660. The summed E-state index contributed by atoms with van der Waals surface area (Å²) in [6.45, 7) is 6.24. The van der Waals surface area contributed by atoms with Gasteiger partial charge in [0.25, 0.3) is 0 Å². The summed E-state index contributed by atoms with van der Waals surface area (Å²) in [5.41, 5.74) is 10.3. The third kappa shape index (κ3) is 3.77. The molecule has 0 bridgehead atoms. The Morgan fingerprint density at radius 2 is 1.00 bits per heavy atom. The van der Waals surface area contributed by atoms with Crippen LogP contribution in [0, 0.1) is 20.8 Å². The van der Waals surface area contributed by atoms with Gasteiger partial charge >= 0.3 is 0 Å². The van der Waals surface area contributed by atoms with Crippen LogP contribution in [-0.2, 0) is 0 Å². The lowest BCUT2D eigenvalue weighted by molar-refractivity contribution is 1.34. The normalized spacial score (nSPS) is 9.19. The molecule has 0 aromatic heterocycles. The monoisotopic (exact) mass is 213 g/mol. The molecule has 0 aliphatic carbocycles. The van der Waals surface area contributed by atoms with Gasteiger partial charge in [-0.3, -0.25) is 0 Å². The van der Waals surface area contributed by atoms with Crippen molar-refractivity contribution in [1.29, 1.82) is 0 Å². The smallest absolute Gasteiger partial charge is 0.0343 e. The van der Waals surface area contributed by atoms with Gasteiger partial charge in [-0.25, -0.2) is 0 Å². The maximum atomic E-state index is 5.52. The molecule has 0 saturated carbocycles. The Labute approximate surface area is 97.9 Å². The van der Waals surface area contributed by atoms with Gasteiger partial charge < -0.3 is 5.73 Å². The van der Waals surface area contributed by atoms with E-state index in [0.29, 0.717) is 0 Å². The van der Waals surface area contributed by atoms with E-state index in [1.54, 1.807) is 0 Å². The molecule has 84 valence electrons. The van der Waals surface area contributed by atoms with Crippen LogP contribution in [0.5, 0.6) is 0 Å². The first-order valence-corrected chi connectivity index (χ1v) is 5.44. The number of rotatable bonds is 0. The number of anilines is 1. The summed E-state index contributed by atoms with van der Waals surface area (Å²) in [6, 6.07) is 16.2. The molecule has 1 nitrogen and oxygen atoms in total. The fourth-order valence-electron chi connectivity index (χ4n) is 1.25. The van der Waals surface area contributed by atoms with Crippen LogP contribution in [0.3, 0.4) is 0 Å². The molecule has 0 radical (unpaired) electrons. The van der Waals surface area contributed by atoms with Crippen LogP contribution < -0.4 is 5.73 Å². The lowest BCUT2D eigenvalue weighted by Gasteiger charge is -1.93. The highest BCUT2D eigenvalue weighted by atomic mass is 14.5. The second kappa shape index (κ2) is 5.96. The number of hydrogen-bond donors (Lipinski definition) is 1. The number of nitrogens with two attached hydrogens (primary N) is 1. The maximum absolute atomic E-state index is 5.52. The Morgan fingerprint density at radius 3 is 1.25 bits per heavy atom. The lowest BCUT2D eigenvalue weighted by Crippen LogP contribution is -1.85. The zero-order chi connectivity index (χ0) is 12.0. The Balaban J connectivity index is 0.000000160. The molecule has 16 heavy (non-hydrogen) atoms. The van der Waals surface area contributed by atoms with E-state index in [9.17, 15) is 0 Å². The first-order chi connectivity index (χ1) is 7.61. The molecule has 0 heterocycles. The average molecular weight is 213 g/mol. The van der Waals surface area contributed by atoms with Crippen molar-refractivity contribution in [1.82, 2.24) is 0 Å². The van der Waals surface area contributed by atoms with E-state index in [4.69, 9.17) is 5.73 Å². The van der Waals surface area contributed by atoms with E-state index in [2.05, 4.69) is 38.1 Å². The van der Waals surface area contributed by atoms with Crippen LogP contribution in [-0.4, -0.2) is 0 Å². The topological polar surface area (TPSA) is 26.0 Å². The first-order valence-electron chi connectivity index (χ1n) is 5.44. The van der Waals surface area contributed by atoms with Crippen molar-refractivity contribution in [3.05, 3.63) is 65.2 Å². The summed E-state index contributed by atoms with van der Waals surface area (Å²) in [6.07, 6.45) is 0. The maximum Gasteiger partial charge on any atom is 0.0343 e. The predicted octanol–water partition coefficient (Wildman–Crippen LogP) is 3.88. The zero-order valence-corrected chi connectivity index (χ0v) is 10.2. The first kappa shape index (κ1) is 12.3. The largest absolute Gasteiger partial charge is 0.399 e. The van der Waals surface area contributed by atoms with Gasteiger partial charge in [-0.05, 0) is 43.5 Å². The summed E-state index contributed by atoms with van der Waals surface area (Å²) in [5, 5.41) is 0. The molecule has 0 atom stereocenters. The van der Waals surface area contributed by atoms with E-state index in [-0.39, 0.29) is 0 Å². The predicted molar refractivity (Wildman–Crippen MR) is 71.5 cm³/mol. The fourth-order valence-corrected chi connectivity index (χ4v) is 1.25. The van der Waals surface area contributed by atoms with E-state index in [1.807, 2.05) is 31.2 Å². The summed E-state index contributed by atoms with van der Waals surface area (Å²) < 4.78 is 0. The van der Waals surface area contributed by atoms with Crippen LogP contribution >= 0.6 is 0 Å². The molecule has 2 rings (SSSR count). The van der Waals surface area contributed by atoms with E-state index >= 15 is 0 Å². The number of para-hydroxylation sites is 1. The average Bonchev–Trinajstić information content (AvgIpc) is 2.28. The molecule has 0 saturated heterocycles. The van der Waals surface area contributed by atoms with Crippen molar-refractivity contribution < 1.29 is 0 Å². The van der Waals surface area contributed by atoms with Gasteiger partial charge in [0.05, 0.1) is 0 Å². The molecule has 2 aromatic carbocycles. The highest BCUT2D eigenvalue weighted by Crippen LogP contribution is 2.06. The van der Waals surface area contributed by atoms with E-state index in [0.717, 1.165) is 11.3 Å². The summed E-state index contributed by atoms with van der Waals surface area (Å²) in [7, 11) is 0. The molecule has 0 fully saturated rings. The third-order valence-electron chi connectivity index (χ3n) is 2.61. The fraction of sp³-hybridized carbons (Fsp3) is 0.200. The third-order valence-corrected chi connectivity index (χ3v) is 2.61. The van der Waals surface area contributed by atoms with Gasteiger partial charge in [-0.2, -0.15) is 0 Å². The van der Waals surface area contributed by atoms with Crippen LogP contribution in [0.15, 0.2) is 48.5 Å². The minimum Gasteiger partial charge on any atom is -0.399 e.